The molecule has 1 aromatic rings. The molecule has 0 aromatic heterocycles. The van der Waals surface area contributed by atoms with E-state index >= 15 is 0 Å². The van der Waals surface area contributed by atoms with Crippen LogP contribution >= 0.6 is 11.6 Å². The smallest absolute Gasteiger partial charge is 0.288 e. The van der Waals surface area contributed by atoms with Crippen molar-refractivity contribution < 1.29 is 14.5 Å². The minimum Gasteiger partial charge on any atom is -0.484 e. The molecule has 0 aliphatic carbocycles. The van der Waals surface area contributed by atoms with Crippen molar-refractivity contribution in [2.24, 2.45) is 0 Å². The average molecular weight is 311 g/mol. The van der Waals surface area contributed by atoms with Crippen LogP contribution in [-0.4, -0.2) is 35.4 Å². The number of hydrogen-bond donors (Lipinski definition) is 0. The van der Waals surface area contributed by atoms with Crippen LogP contribution in [0.4, 0.5) is 5.69 Å². The maximum atomic E-state index is 11.9. The second-order valence-corrected chi connectivity index (χ2v) is 4.44. The third-order valence-corrected chi connectivity index (χ3v) is 2.83. The Morgan fingerprint density at radius 1 is 1.38 bits per heavy atom. The first kappa shape index (κ1) is 16.7. The van der Waals surface area contributed by atoms with E-state index in [4.69, 9.17) is 16.3 Å². The first-order valence-electron chi connectivity index (χ1n) is 6.06. The Kier molecular flexibility index (Phi) is 6.42. The molecule has 1 amide bonds. The number of nitro benzene ring substituents is 1. The predicted molar refractivity (Wildman–Crippen MR) is 80.6 cm³/mol. The van der Waals surface area contributed by atoms with Crippen LogP contribution in [0.3, 0.4) is 0 Å². The summed E-state index contributed by atoms with van der Waals surface area (Å²) in [5.74, 6) is 0.0420. The number of carbonyl (C=O) groups excluding carboxylic acids is 1. The van der Waals surface area contributed by atoms with Crippen molar-refractivity contribution >= 4 is 23.2 Å². The number of halogens is 1. The van der Waals surface area contributed by atoms with Crippen LogP contribution in [0, 0.1) is 10.1 Å². The molecule has 0 unspecified atom stereocenters. The van der Waals surface area contributed by atoms with Crippen molar-refractivity contribution in [2.45, 2.75) is 0 Å². The van der Waals surface area contributed by atoms with Gasteiger partial charge in [0.25, 0.3) is 11.6 Å². The molecule has 0 bridgehead atoms. The lowest BCUT2D eigenvalue weighted by atomic mass is 10.3. The number of amides is 1. The summed E-state index contributed by atoms with van der Waals surface area (Å²) in [6.45, 7) is 7.71. The van der Waals surface area contributed by atoms with Crippen LogP contribution in [0.2, 0.25) is 5.02 Å². The molecule has 1 rings (SSSR count). The van der Waals surface area contributed by atoms with E-state index in [-0.39, 0.29) is 29.0 Å². The Hall–Kier alpha value is -2.34. The fourth-order valence-electron chi connectivity index (χ4n) is 1.55. The van der Waals surface area contributed by atoms with Gasteiger partial charge in [-0.1, -0.05) is 23.8 Å². The largest absolute Gasteiger partial charge is 0.484 e. The normalized spacial score (nSPS) is 9.76. The molecule has 7 heteroatoms. The van der Waals surface area contributed by atoms with E-state index < -0.39 is 4.92 Å². The minimum atomic E-state index is -0.590. The van der Waals surface area contributed by atoms with Gasteiger partial charge in [0.05, 0.1) is 4.92 Å². The molecule has 0 aliphatic rings. The first-order valence-corrected chi connectivity index (χ1v) is 6.43. The van der Waals surface area contributed by atoms with E-state index in [0.29, 0.717) is 13.1 Å². The van der Waals surface area contributed by atoms with E-state index in [1.54, 1.807) is 12.2 Å². The summed E-state index contributed by atoms with van der Waals surface area (Å²) in [7, 11) is 0. The molecule has 0 spiro atoms. The van der Waals surface area contributed by atoms with Crippen molar-refractivity contribution in [2.75, 3.05) is 19.7 Å². The SMILES string of the molecule is C=CCN(CC=C)C(=O)COc1ccc([N+](=O)[O-])c(Cl)c1. The predicted octanol–water partition coefficient (Wildman–Crippen LogP) is 2.83. The van der Waals surface area contributed by atoms with E-state index in [1.165, 1.54) is 23.1 Å². The number of ether oxygens (including phenoxy) is 1. The zero-order valence-electron chi connectivity index (χ0n) is 11.3. The highest BCUT2D eigenvalue weighted by Crippen LogP contribution is 2.28. The van der Waals surface area contributed by atoms with Crippen molar-refractivity contribution in [3.63, 3.8) is 0 Å². The summed E-state index contributed by atoms with van der Waals surface area (Å²) in [4.78, 5) is 23.5. The van der Waals surface area contributed by atoms with Crippen LogP contribution in [0.25, 0.3) is 0 Å². The molecule has 0 N–H and O–H groups in total. The van der Waals surface area contributed by atoms with Gasteiger partial charge in [0.15, 0.2) is 6.61 Å². The van der Waals surface area contributed by atoms with E-state index in [9.17, 15) is 14.9 Å². The van der Waals surface area contributed by atoms with Gasteiger partial charge in [-0.2, -0.15) is 0 Å². The number of carbonyl (C=O) groups is 1. The lowest BCUT2D eigenvalue weighted by molar-refractivity contribution is -0.384. The van der Waals surface area contributed by atoms with Gasteiger partial charge < -0.3 is 9.64 Å². The molecule has 0 heterocycles. The number of rotatable bonds is 8. The van der Waals surface area contributed by atoms with Gasteiger partial charge in [0.1, 0.15) is 10.8 Å². The van der Waals surface area contributed by atoms with Gasteiger partial charge >= 0.3 is 0 Å². The third kappa shape index (κ3) is 4.92. The van der Waals surface area contributed by atoms with Crippen molar-refractivity contribution in [3.05, 3.63) is 58.6 Å². The second kappa shape index (κ2) is 8.06. The van der Waals surface area contributed by atoms with Gasteiger partial charge in [-0.05, 0) is 6.07 Å². The molecule has 0 saturated carbocycles. The van der Waals surface area contributed by atoms with Gasteiger partial charge in [0, 0.05) is 25.2 Å². The molecule has 0 atom stereocenters. The van der Waals surface area contributed by atoms with Crippen LogP contribution < -0.4 is 4.74 Å². The molecular formula is C14H15ClN2O4. The Labute approximate surface area is 127 Å². The molecule has 21 heavy (non-hydrogen) atoms. The summed E-state index contributed by atoms with van der Waals surface area (Å²) < 4.78 is 5.29. The molecule has 0 fully saturated rings. The van der Waals surface area contributed by atoms with Crippen LogP contribution in [0.15, 0.2) is 43.5 Å². The quantitative estimate of drug-likeness (QED) is 0.420. The van der Waals surface area contributed by atoms with Crippen molar-refractivity contribution in [1.82, 2.24) is 4.90 Å². The standard InChI is InChI=1S/C14H15ClN2O4/c1-3-7-16(8-4-2)14(18)10-21-11-5-6-13(17(19)20)12(15)9-11/h3-6,9H,1-2,7-8,10H2. The fourth-order valence-corrected chi connectivity index (χ4v) is 1.79. The first-order chi connectivity index (χ1) is 9.99. The van der Waals surface area contributed by atoms with E-state index in [0.717, 1.165) is 0 Å². The highest BCUT2D eigenvalue weighted by molar-refractivity contribution is 6.32. The van der Waals surface area contributed by atoms with Gasteiger partial charge in [-0.15, -0.1) is 13.2 Å². The molecule has 0 aliphatic heterocycles. The lowest BCUT2D eigenvalue weighted by Crippen LogP contribution is -2.35. The van der Waals surface area contributed by atoms with Crippen LogP contribution in [0.1, 0.15) is 0 Å². The maximum Gasteiger partial charge on any atom is 0.288 e. The van der Waals surface area contributed by atoms with Crippen LogP contribution in [-0.2, 0) is 4.79 Å². The molecule has 0 radical (unpaired) electrons. The van der Waals surface area contributed by atoms with E-state index in [1.807, 2.05) is 0 Å². The Balaban J connectivity index is 2.67. The molecule has 112 valence electrons. The molecule has 1 aromatic carbocycles. The minimum absolute atomic E-state index is 0.0426. The highest BCUT2D eigenvalue weighted by atomic mass is 35.5. The Morgan fingerprint density at radius 3 is 2.48 bits per heavy atom. The van der Waals surface area contributed by atoms with Crippen molar-refractivity contribution in [3.8, 4) is 5.75 Å². The van der Waals surface area contributed by atoms with Gasteiger partial charge in [-0.3, -0.25) is 14.9 Å². The maximum absolute atomic E-state index is 11.9. The molecule has 6 nitrogen and oxygen atoms in total. The summed E-state index contributed by atoms with van der Waals surface area (Å²) in [5, 5.41) is 10.6. The fraction of sp³-hybridized carbons (Fsp3) is 0.214. The Morgan fingerprint density at radius 2 is 2.00 bits per heavy atom. The van der Waals surface area contributed by atoms with Crippen LogP contribution in [0.5, 0.6) is 5.75 Å². The number of benzene rings is 1. The topological polar surface area (TPSA) is 72.7 Å². The highest BCUT2D eigenvalue weighted by Gasteiger charge is 2.15. The summed E-state index contributed by atoms with van der Waals surface area (Å²) in [5.41, 5.74) is -0.213. The van der Waals surface area contributed by atoms with E-state index in [2.05, 4.69) is 13.2 Å². The number of hydrogen-bond acceptors (Lipinski definition) is 4. The Bertz CT molecular complexity index is 550. The second-order valence-electron chi connectivity index (χ2n) is 4.04. The average Bonchev–Trinajstić information content (AvgIpc) is 2.44. The third-order valence-electron chi connectivity index (χ3n) is 2.53. The lowest BCUT2D eigenvalue weighted by Gasteiger charge is -2.19. The molecular weight excluding hydrogens is 296 g/mol. The summed E-state index contributed by atoms with van der Waals surface area (Å²) in [6.07, 6.45) is 3.20. The van der Waals surface area contributed by atoms with Crippen molar-refractivity contribution in [1.29, 1.82) is 0 Å². The number of nitro groups is 1. The zero-order valence-corrected chi connectivity index (χ0v) is 12.1. The van der Waals surface area contributed by atoms with Gasteiger partial charge in [0.2, 0.25) is 0 Å². The molecule has 0 saturated heterocycles. The zero-order chi connectivity index (χ0) is 15.8. The number of nitrogens with zero attached hydrogens (tertiary/aromatic N) is 2. The summed E-state index contributed by atoms with van der Waals surface area (Å²) in [6, 6.07) is 3.92. The van der Waals surface area contributed by atoms with Gasteiger partial charge in [-0.25, -0.2) is 0 Å². The monoisotopic (exact) mass is 310 g/mol. The summed E-state index contributed by atoms with van der Waals surface area (Å²) >= 11 is 5.76.